The minimum atomic E-state index is -0.463. The molecule has 32 heavy (non-hydrogen) atoms. The molecule has 1 nitrogen and oxygen atoms in total. The lowest BCUT2D eigenvalue weighted by Gasteiger charge is -2.29. The molecule has 0 saturated heterocycles. The summed E-state index contributed by atoms with van der Waals surface area (Å²) in [7, 11) is 0. The highest BCUT2D eigenvalue weighted by molar-refractivity contribution is 7.78. The molecule has 3 heteroatoms. The SMILES string of the molecule is C=C(C)c1cc(C#Cc2ccc(C3CCC(CCC4CC4)CC3)cc2)cc(F)c1N=C=S. The van der Waals surface area contributed by atoms with E-state index in [1.807, 2.05) is 6.92 Å². The van der Waals surface area contributed by atoms with Gasteiger partial charge in [0, 0.05) is 16.7 Å². The summed E-state index contributed by atoms with van der Waals surface area (Å²) in [4.78, 5) is 3.85. The highest BCUT2D eigenvalue weighted by Gasteiger charge is 2.26. The number of benzene rings is 2. The van der Waals surface area contributed by atoms with Crippen molar-refractivity contribution in [1.82, 2.24) is 0 Å². The lowest BCUT2D eigenvalue weighted by molar-refractivity contribution is 0.301. The number of hydrogen-bond donors (Lipinski definition) is 0. The molecule has 2 aliphatic carbocycles. The molecule has 0 heterocycles. The van der Waals surface area contributed by atoms with Gasteiger partial charge in [-0.05, 0) is 98.0 Å². The Labute approximate surface area is 196 Å². The molecular formula is C29H30FNS. The Bertz CT molecular complexity index is 1090. The van der Waals surface area contributed by atoms with E-state index >= 15 is 0 Å². The van der Waals surface area contributed by atoms with Gasteiger partial charge in [-0.15, -0.1) is 0 Å². The van der Waals surface area contributed by atoms with E-state index < -0.39 is 5.82 Å². The lowest BCUT2D eigenvalue weighted by atomic mass is 9.77. The normalized spacial score (nSPS) is 20.1. The zero-order valence-electron chi connectivity index (χ0n) is 18.8. The quantitative estimate of drug-likeness (QED) is 0.248. The molecule has 0 N–H and O–H groups in total. The maximum absolute atomic E-state index is 14.5. The van der Waals surface area contributed by atoms with Crippen LogP contribution < -0.4 is 0 Å². The number of rotatable bonds is 6. The smallest absolute Gasteiger partial charge is 0.151 e. The van der Waals surface area contributed by atoms with Gasteiger partial charge in [-0.25, -0.2) is 4.39 Å². The first-order valence-corrected chi connectivity index (χ1v) is 12.1. The number of isothiocyanates is 1. The summed E-state index contributed by atoms with van der Waals surface area (Å²) in [6, 6.07) is 11.8. The fourth-order valence-corrected chi connectivity index (χ4v) is 4.89. The zero-order valence-corrected chi connectivity index (χ0v) is 19.6. The third kappa shape index (κ3) is 5.83. The van der Waals surface area contributed by atoms with Crippen molar-refractivity contribution in [3.63, 3.8) is 0 Å². The van der Waals surface area contributed by atoms with Crippen LogP contribution in [-0.4, -0.2) is 5.16 Å². The number of thiocarbonyl (C=S) groups is 1. The van der Waals surface area contributed by atoms with E-state index in [-0.39, 0.29) is 5.69 Å². The van der Waals surface area contributed by atoms with Crippen molar-refractivity contribution >= 4 is 28.6 Å². The molecule has 164 valence electrons. The van der Waals surface area contributed by atoms with Crippen LogP contribution in [0.5, 0.6) is 0 Å². The van der Waals surface area contributed by atoms with Crippen molar-refractivity contribution in [1.29, 1.82) is 0 Å². The van der Waals surface area contributed by atoms with E-state index in [1.165, 1.54) is 63.0 Å². The van der Waals surface area contributed by atoms with Gasteiger partial charge >= 0.3 is 0 Å². The summed E-state index contributed by atoms with van der Waals surface area (Å²) in [5.41, 5.74) is 4.44. The molecule has 0 spiro atoms. The van der Waals surface area contributed by atoms with Crippen LogP contribution in [0, 0.1) is 29.5 Å². The number of allylic oxidation sites excluding steroid dienone is 1. The number of nitrogens with zero attached hydrogens (tertiary/aromatic N) is 1. The fraction of sp³-hybridized carbons (Fsp3) is 0.414. The highest BCUT2D eigenvalue weighted by Crippen LogP contribution is 2.41. The van der Waals surface area contributed by atoms with E-state index in [9.17, 15) is 4.39 Å². The average molecular weight is 444 g/mol. The molecule has 0 unspecified atom stereocenters. The van der Waals surface area contributed by atoms with Crippen molar-refractivity contribution in [2.45, 2.75) is 64.2 Å². The second-order valence-electron chi connectivity index (χ2n) is 9.45. The van der Waals surface area contributed by atoms with Gasteiger partial charge in [0.25, 0.3) is 0 Å². The Morgan fingerprint density at radius 2 is 1.56 bits per heavy atom. The number of aliphatic imine (C=N–C) groups is 1. The topological polar surface area (TPSA) is 12.4 Å². The van der Waals surface area contributed by atoms with Crippen LogP contribution in [0.25, 0.3) is 5.57 Å². The summed E-state index contributed by atoms with van der Waals surface area (Å²) in [5, 5.41) is 2.24. The van der Waals surface area contributed by atoms with Crippen LogP contribution in [0.2, 0.25) is 0 Å². The van der Waals surface area contributed by atoms with Crippen LogP contribution in [0.4, 0.5) is 10.1 Å². The number of halogens is 1. The first-order valence-electron chi connectivity index (χ1n) is 11.7. The molecule has 2 aliphatic rings. The molecule has 0 amide bonds. The molecule has 0 aliphatic heterocycles. The Kier molecular flexibility index (Phi) is 7.36. The predicted molar refractivity (Wildman–Crippen MR) is 135 cm³/mol. The van der Waals surface area contributed by atoms with Gasteiger partial charge in [0.15, 0.2) is 5.82 Å². The molecule has 2 aromatic rings. The van der Waals surface area contributed by atoms with Gasteiger partial charge in [0.1, 0.15) is 5.69 Å². The van der Waals surface area contributed by atoms with Gasteiger partial charge in [0.2, 0.25) is 0 Å². The third-order valence-electron chi connectivity index (χ3n) is 6.94. The van der Waals surface area contributed by atoms with Crippen LogP contribution >= 0.6 is 12.2 Å². The van der Waals surface area contributed by atoms with Gasteiger partial charge in [0.05, 0.1) is 5.16 Å². The molecule has 0 radical (unpaired) electrons. The molecule has 2 saturated carbocycles. The zero-order chi connectivity index (χ0) is 22.5. The number of hydrogen-bond acceptors (Lipinski definition) is 2. The highest BCUT2D eigenvalue weighted by atomic mass is 32.1. The molecule has 0 bridgehead atoms. The van der Waals surface area contributed by atoms with Gasteiger partial charge in [-0.1, -0.05) is 56.2 Å². The van der Waals surface area contributed by atoms with E-state index in [0.717, 1.165) is 17.4 Å². The maximum atomic E-state index is 14.5. The Morgan fingerprint density at radius 3 is 2.12 bits per heavy atom. The van der Waals surface area contributed by atoms with E-state index in [2.05, 4.69) is 65.1 Å². The second-order valence-corrected chi connectivity index (χ2v) is 9.63. The largest absolute Gasteiger partial charge is 0.205 e. The molecule has 2 fully saturated rings. The van der Waals surface area contributed by atoms with Gasteiger partial charge in [-0.2, -0.15) is 4.99 Å². The third-order valence-corrected chi connectivity index (χ3v) is 7.03. The van der Waals surface area contributed by atoms with Crippen LogP contribution in [0.15, 0.2) is 48.0 Å². The first-order chi connectivity index (χ1) is 15.5. The first kappa shape index (κ1) is 22.7. The maximum Gasteiger partial charge on any atom is 0.151 e. The molecule has 0 aromatic heterocycles. The van der Waals surface area contributed by atoms with Crippen molar-refractivity contribution in [2.24, 2.45) is 16.8 Å². The van der Waals surface area contributed by atoms with Crippen LogP contribution in [0.1, 0.15) is 86.5 Å². The summed E-state index contributed by atoms with van der Waals surface area (Å²) in [6.45, 7) is 5.72. The molecule has 0 atom stereocenters. The minimum Gasteiger partial charge on any atom is -0.205 e. The summed E-state index contributed by atoms with van der Waals surface area (Å²) in [6.07, 6.45) is 11.2. The van der Waals surface area contributed by atoms with Crippen LogP contribution in [-0.2, 0) is 0 Å². The Balaban J connectivity index is 1.40. The monoisotopic (exact) mass is 443 g/mol. The lowest BCUT2D eigenvalue weighted by Crippen LogP contribution is -2.13. The summed E-state index contributed by atoms with van der Waals surface area (Å²) in [5.74, 6) is 8.46. The standard InChI is InChI=1S/C29H30FNS/c1-20(2)27-17-24(18-28(30)29(27)31-19-32)8-7-23-11-15-26(16-12-23)25-13-9-22(10-14-25)6-5-21-3-4-21/h11-12,15-18,21-22,25H,1,3-6,9-10,13-14H2,2H3. The van der Waals surface area contributed by atoms with Crippen molar-refractivity contribution in [3.8, 4) is 11.8 Å². The summed E-state index contributed by atoms with van der Waals surface area (Å²) < 4.78 is 14.5. The fourth-order valence-electron chi connectivity index (χ4n) is 4.80. The van der Waals surface area contributed by atoms with Crippen molar-refractivity contribution in [3.05, 3.63) is 71.0 Å². The predicted octanol–water partition coefficient (Wildman–Crippen LogP) is 8.46. The van der Waals surface area contributed by atoms with E-state index in [4.69, 9.17) is 0 Å². The van der Waals surface area contributed by atoms with Gasteiger partial charge < -0.3 is 0 Å². The summed E-state index contributed by atoms with van der Waals surface area (Å²) >= 11 is 4.63. The van der Waals surface area contributed by atoms with Crippen molar-refractivity contribution in [2.75, 3.05) is 0 Å². The molecule has 4 rings (SSSR count). The van der Waals surface area contributed by atoms with Crippen molar-refractivity contribution < 1.29 is 4.39 Å². The van der Waals surface area contributed by atoms with Gasteiger partial charge in [-0.3, -0.25) is 0 Å². The van der Waals surface area contributed by atoms with E-state index in [1.54, 1.807) is 6.07 Å². The van der Waals surface area contributed by atoms with E-state index in [0.29, 0.717) is 22.6 Å². The Morgan fingerprint density at radius 1 is 0.969 bits per heavy atom. The minimum absolute atomic E-state index is 0.171. The average Bonchev–Trinajstić information content (AvgIpc) is 3.63. The molecule has 2 aromatic carbocycles. The van der Waals surface area contributed by atoms with Crippen LogP contribution in [0.3, 0.4) is 0 Å². The Hall–Kier alpha value is -2.53. The second kappa shape index (κ2) is 10.4. The molecular weight excluding hydrogens is 413 g/mol.